The van der Waals surface area contributed by atoms with Crippen LogP contribution in [0.3, 0.4) is 0 Å². The lowest BCUT2D eigenvalue weighted by Gasteiger charge is -1.99. The number of carboxylic acid groups (broad SMARTS) is 2. The number of aliphatic carboxylic acids is 2. The summed E-state index contributed by atoms with van der Waals surface area (Å²) in [5, 5.41) is 19.6. The molecule has 1 atom stereocenters. The van der Waals surface area contributed by atoms with E-state index in [4.69, 9.17) is 10.2 Å². The molecule has 1 heterocycles. The summed E-state index contributed by atoms with van der Waals surface area (Å²) in [6, 6.07) is -0.269. The molecule has 1 aliphatic rings. The van der Waals surface area contributed by atoms with Gasteiger partial charge in [0.15, 0.2) is 0 Å². The summed E-state index contributed by atoms with van der Waals surface area (Å²) in [5.74, 6) is -1.38. The monoisotopic (exact) mass is 287 g/mol. The summed E-state index contributed by atoms with van der Waals surface area (Å²) in [6.45, 7) is 3.06. The number of nitrogens with one attached hydrogen (secondary N) is 1. The van der Waals surface area contributed by atoms with E-state index in [-0.39, 0.29) is 6.04 Å². The zero-order valence-corrected chi connectivity index (χ0v) is 12.6. The molecule has 5 nitrogen and oxygen atoms in total. The topological polar surface area (TPSA) is 86.6 Å². The van der Waals surface area contributed by atoms with Crippen LogP contribution in [0.25, 0.3) is 0 Å². The molecule has 0 aliphatic carbocycles. The van der Waals surface area contributed by atoms with Crippen molar-refractivity contribution in [3.63, 3.8) is 0 Å². The lowest BCUT2D eigenvalue weighted by atomic mass is 10.1. The van der Waals surface area contributed by atoms with Crippen molar-refractivity contribution >= 4 is 11.9 Å². The first kappa shape index (κ1) is 18.9. The highest BCUT2D eigenvalue weighted by atomic mass is 16.4. The lowest BCUT2D eigenvalue weighted by molar-refractivity contribution is -0.139. The zero-order chi connectivity index (χ0) is 15.2. The molecule has 118 valence electrons. The van der Waals surface area contributed by atoms with Crippen molar-refractivity contribution in [3.8, 4) is 0 Å². The fourth-order valence-corrected chi connectivity index (χ4v) is 2.13. The Kier molecular flexibility index (Phi) is 12.2. The van der Waals surface area contributed by atoms with Gasteiger partial charge in [0.25, 0.3) is 0 Å². The molecule has 20 heavy (non-hydrogen) atoms. The van der Waals surface area contributed by atoms with Crippen LogP contribution in [0.2, 0.25) is 0 Å². The molecule has 0 saturated carbocycles. The maximum Gasteiger partial charge on any atom is 0.320 e. The van der Waals surface area contributed by atoms with Crippen LogP contribution in [-0.2, 0) is 9.59 Å². The predicted molar refractivity (Wildman–Crippen MR) is 78.9 cm³/mol. The fraction of sp³-hybridized carbons (Fsp3) is 0.867. The number of unbranched alkanes of at least 4 members (excludes halogenated alkanes) is 6. The number of carboxylic acids is 2. The van der Waals surface area contributed by atoms with E-state index in [0.29, 0.717) is 6.42 Å². The van der Waals surface area contributed by atoms with E-state index in [1.807, 2.05) is 0 Å². The third-order valence-corrected chi connectivity index (χ3v) is 3.35. The van der Waals surface area contributed by atoms with Crippen molar-refractivity contribution in [2.45, 2.75) is 77.2 Å². The average molecular weight is 287 g/mol. The molecule has 0 spiro atoms. The Labute approximate surface area is 121 Å². The van der Waals surface area contributed by atoms with Gasteiger partial charge in [0, 0.05) is 6.42 Å². The lowest BCUT2D eigenvalue weighted by Crippen LogP contribution is -2.29. The van der Waals surface area contributed by atoms with E-state index < -0.39 is 11.9 Å². The SMILES string of the molecule is CCCCCCCCCC(=O)O.O=C(O)[C@@H]1CCCN1. The molecule has 1 fully saturated rings. The van der Waals surface area contributed by atoms with Crippen LogP contribution in [0.5, 0.6) is 0 Å². The van der Waals surface area contributed by atoms with Crippen LogP contribution in [0, 0.1) is 0 Å². The summed E-state index contributed by atoms with van der Waals surface area (Å²) < 4.78 is 0. The molecule has 1 saturated heterocycles. The van der Waals surface area contributed by atoms with Gasteiger partial charge in [0.05, 0.1) is 0 Å². The largest absolute Gasteiger partial charge is 0.481 e. The number of rotatable bonds is 9. The Morgan fingerprint density at radius 3 is 2.05 bits per heavy atom. The van der Waals surface area contributed by atoms with Crippen LogP contribution in [-0.4, -0.2) is 34.7 Å². The van der Waals surface area contributed by atoms with Crippen molar-refractivity contribution in [2.75, 3.05) is 6.54 Å². The van der Waals surface area contributed by atoms with Gasteiger partial charge >= 0.3 is 11.9 Å². The number of carbonyl (C=O) groups is 2. The van der Waals surface area contributed by atoms with Gasteiger partial charge in [-0.15, -0.1) is 0 Å². The first-order valence-corrected chi connectivity index (χ1v) is 7.76. The maximum atomic E-state index is 10.1. The Hall–Kier alpha value is -1.10. The van der Waals surface area contributed by atoms with Gasteiger partial charge in [-0.2, -0.15) is 0 Å². The van der Waals surface area contributed by atoms with Gasteiger partial charge in [-0.25, -0.2) is 0 Å². The molecule has 0 unspecified atom stereocenters. The van der Waals surface area contributed by atoms with Crippen molar-refractivity contribution in [2.24, 2.45) is 0 Å². The second-order valence-corrected chi connectivity index (χ2v) is 5.25. The predicted octanol–water partition coefficient (Wildman–Crippen LogP) is 3.03. The van der Waals surface area contributed by atoms with Crippen LogP contribution < -0.4 is 5.32 Å². The Morgan fingerprint density at radius 2 is 1.65 bits per heavy atom. The Bertz CT molecular complexity index is 263. The minimum Gasteiger partial charge on any atom is -0.481 e. The second-order valence-electron chi connectivity index (χ2n) is 5.25. The van der Waals surface area contributed by atoms with E-state index in [9.17, 15) is 9.59 Å². The van der Waals surface area contributed by atoms with Crippen molar-refractivity contribution in [3.05, 3.63) is 0 Å². The van der Waals surface area contributed by atoms with Crippen LogP contribution in [0.4, 0.5) is 0 Å². The zero-order valence-electron chi connectivity index (χ0n) is 12.6. The molecule has 0 aromatic carbocycles. The van der Waals surface area contributed by atoms with Gasteiger partial charge in [-0.1, -0.05) is 45.4 Å². The van der Waals surface area contributed by atoms with E-state index in [0.717, 1.165) is 32.2 Å². The molecule has 0 aromatic heterocycles. The normalized spacial score (nSPS) is 17.4. The Morgan fingerprint density at radius 1 is 1.05 bits per heavy atom. The van der Waals surface area contributed by atoms with Gasteiger partial charge in [0.1, 0.15) is 6.04 Å². The Balaban J connectivity index is 0.000000388. The standard InChI is InChI=1S/C10H20O2.C5H9NO2/c1-2-3-4-5-6-7-8-9-10(11)12;7-5(8)4-2-1-3-6-4/h2-9H2,1H3,(H,11,12);4,6H,1-3H2,(H,7,8)/t;4-/m.0/s1. The molecule has 0 aromatic rings. The third kappa shape index (κ3) is 12.0. The van der Waals surface area contributed by atoms with E-state index in [1.165, 1.54) is 32.1 Å². The van der Waals surface area contributed by atoms with Gasteiger partial charge in [-0.05, 0) is 25.8 Å². The first-order chi connectivity index (χ1) is 9.57. The minimum atomic E-state index is -0.720. The van der Waals surface area contributed by atoms with Gasteiger partial charge < -0.3 is 15.5 Å². The molecule has 5 heteroatoms. The number of hydrogen-bond acceptors (Lipinski definition) is 3. The van der Waals surface area contributed by atoms with E-state index in [1.54, 1.807) is 0 Å². The molecular weight excluding hydrogens is 258 g/mol. The van der Waals surface area contributed by atoms with Crippen LogP contribution in [0.1, 0.15) is 71.1 Å². The smallest absolute Gasteiger partial charge is 0.320 e. The van der Waals surface area contributed by atoms with Crippen LogP contribution in [0.15, 0.2) is 0 Å². The second kappa shape index (κ2) is 12.9. The molecule has 0 amide bonds. The third-order valence-electron chi connectivity index (χ3n) is 3.35. The van der Waals surface area contributed by atoms with E-state index >= 15 is 0 Å². The minimum absolute atomic E-state index is 0.269. The highest BCUT2D eigenvalue weighted by Gasteiger charge is 2.20. The molecule has 1 aliphatic heterocycles. The maximum absolute atomic E-state index is 10.1. The highest BCUT2D eigenvalue weighted by molar-refractivity contribution is 5.73. The number of hydrogen-bond donors (Lipinski definition) is 3. The molecule has 3 N–H and O–H groups in total. The quantitative estimate of drug-likeness (QED) is 0.567. The van der Waals surface area contributed by atoms with E-state index in [2.05, 4.69) is 12.2 Å². The van der Waals surface area contributed by atoms with Gasteiger partial charge in [0.2, 0.25) is 0 Å². The summed E-state index contributed by atoms with van der Waals surface area (Å²) in [6.07, 6.45) is 10.4. The van der Waals surface area contributed by atoms with Crippen LogP contribution >= 0.6 is 0 Å². The fourth-order valence-electron chi connectivity index (χ4n) is 2.13. The molecule has 0 bridgehead atoms. The summed E-state index contributed by atoms with van der Waals surface area (Å²) in [5.41, 5.74) is 0. The molecular formula is C15H29NO4. The van der Waals surface area contributed by atoms with Crippen molar-refractivity contribution in [1.29, 1.82) is 0 Å². The first-order valence-electron chi connectivity index (χ1n) is 7.76. The molecule has 1 rings (SSSR count). The van der Waals surface area contributed by atoms with Gasteiger partial charge in [-0.3, -0.25) is 9.59 Å². The highest BCUT2D eigenvalue weighted by Crippen LogP contribution is 2.08. The van der Waals surface area contributed by atoms with Crippen molar-refractivity contribution in [1.82, 2.24) is 5.32 Å². The summed E-state index contributed by atoms with van der Waals surface area (Å²) in [4.78, 5) is 20.3. The summed E-state index contributed by atoms with van der Waals surface area (Å²) >= 11 is 0. The summed E-state index contributed by atoms with van der Waals surface area (Å²) in [7, 11) is 0. The molecule has 0 radical (unpaired) electrons. The van der Waals surface area contributed by atoms with Crippen molar-refractivity contribution < 1.29 is 19.8 Å². The average Bonchev–Trinajstić information content (AvgIpc) is 2.92.